The van der Waals surface area contributed by atoms with Gasteiger partial charge in [-0.15, -0.1) is 0 Å². The summed E-state index contributed by atoms with van der Waals surface area (Å²) in [5.41, 5.74) is 0. The van der Waals surface area contributed by atoms with Crippen molar-refractivity contribution in [3.63, 3.8) is 0 Å². The van der Waals surface area contributed by atoms with Crippen molar-refractivity contribution in [1.82, 2.24) is 4.90 Å². The van der Waals surface area contributed by atoms with Crippen molar-refractivity contribution in [1.29, 1.82) is 0 Å². The molecule has 0 N–H and O–H groups in total. The van der Waals surface area contributed by atoms with Crippen molar-refractivity contribution >= 4 is 5.97 Å². The average Bonchev–Trinajstić information content (AvgIpc) is 2.35. The molecule has 0 radical (unpaired) electrons. The summed E-state index contributed by atoms with van der Waals surface area (Å²) in [6, 6.07) is -0.263. The quantitative estimate of drug-likeness (QED) is 0.424. The van der Waals surface area contributed by atoms with E-state index in [2.05, 4.69) is 0 Å². The highest BCUT2D eigenvalue weighted by molar-refractivity contribution is 5.75. The van der Waals surface area contributed by atoms with Crippen LogP contribution in [-0.2, 0) is 19.0 Å². The molecule has 5 nitrogen and oxygen atoms in total. The van der Waals surface area contributed by atoms with E-state index in [1.165, 1.54) is 7.11 Å². The van der Waals surface area contributed by atoms with Gasteiger partial charge in [0.25, 0.3) is 0 Å². The highest BCUT2D eigenvalue weighted by Gasteiger charge is 2.21. The fourth-order valence-electron chi connectivity index (χ4n) is 1.47. The summed E-state index contributed by atoms with van der Waals surface area (Å²) in [4.78, 5) is 13.5. The summed E-state index contributed by atoms with van der Waals surface area (Å²) in [5.74, 6) is -0.224. The first-order valence-corrected chi connectivity index (χ1v) is 6.14. The van der Waals surface area contributed by atoms with Crippen LogP contribution >= 0.6 is 0 Å². The SMILES string of the molecule is CCOCCN(CCOCC)C(C)C(=O)OC. The Balaban J connectivity index is 4.12. The molecule has 0 aliphatic heterocycles. The van der Waals surface area contributed by atoms with Gasteiger partial charge in [0.2, 0.25) is 0 Å². The number of rotatable bonds is 10. The molecule has 0 saturated heterocycles. The maximum absolute atomic E-state index is 11.5. The van der Waals surface area contributed by atoms with Gasteiger partial charge in [-0.05, 0) is 20.8 Å². The molecule has 102 valence electrons. The summed E-state index contributed by atoms with van der Waals surface area (Å²) < 4.78 is 15.3. The lowest BCUT2D eigenvalue weighted by atomic mass is 10.3. The molecule has 0 aromatic rings. The molecular weight excluding hydrogens is 222 g/mol. The second-order valence-electron chi connectivity index (χ2n) is 3.63. The lowest BCUT2D eigenvalue weighted by Crippen LogP contribution is -2.43. The van der Waals surface area contributed by atoms with Crippen molar-refractivity contribution in [3.8, 4) is 0 Å². The van der Waals surface area contributed by atoms with Crippen LogP contribution in [-0.4, -0.2) is 63.5 Å². The monoisotopic (exact) mass is 247 g/mol. The Hall–Kier alpha value is -0.650. The predicted molar refractivity (Wildman–Crippen MR) is 66.0 cm³/mol. The van der Waals surface area contributed by atoms with Gasteiger partial charge in [0.05, 0.1) is 20.3 Å². The van der Waals surface area contributed by atoms with Crippen molar-refractivity contribution in [2.45, 2.75) is 26.8 Å². The van der Waals surface area contributed by atoms with Gasteiger partial charge in [-0.3, -0.25) is 9.69 Å². The molecule has 0 fully saturated rings. The van der Waals surface area contributed by atoms with Gasteiger partial charge in [0.1, 0.15) is 6.04 Å². The third kappa shape index (κ3) is 7.31. The average molecular weight is 247 g/mol. The first-order valence-electron chi connectivity index (χ1n) is 6.14. The van der Waals surface area contributed by atoms with E-state index in [0.29, 0.717) is 39.5 Å². The molecule has 5 heteroatoms. The highest BCUT2D eigenvalue weighted by atomic mass is 16.5. The van der Waals surface area contributed by atoms with Crippen LogP contribution in [0.5, 0.6) is 0 Å². The van der Waals surface area contributed by atoms with Crippen molar-refractivity contribution < 1.29 is 19.0 Å². The molecule has 0 amide bonds. The smallest absolute Gasteiger partial charge is 0.322 e. The molecule has 0 spiro atoms. The minimum absolute atomic E-state index is 0.224. The minimum Gasteiger partial charge on any atom is -0.468 e. The van der Waals surface area contributed by atoms with Crippen LogP contribution < -0.4 is 0 Å². The minimum atomic E-state index is -0.263. The number of hydrogen-bond donors (Lipinski definition) is 0. The van der Waals surface area contributed by atoms with Crippen molar-refractivity contribution in [2.24, 2.45) is 0 Å². The first-order chi connectivity index (χ1) is 8.17. The summed E-state index contributed by atoms with van der Waals surface area (Å²) in [6.07, 6.45) is 0. The van der Waals surface area contributed by atoms with Crippen molar-refractivity contribution in [3.05, 3.63) is 0 Å². The molecule has 0 heterocycles. The molecule has 0 aliphatic carbocycles. The van der Waals surface area contributed by atoms with Crippen LogP contribution in [0.2, 0.25) is 0 Å². The van der Waals surface area contributed by atoms with Crippen LogP contribution in [0.4, 0.5) is 0 Å². The Morgan fingerprint density at radius 1 is 1.12 bits per heavy atom. The fourth-order valence-corrected chi connectivity index (χ4v) is 1.47. The zero-order valence-electron chi connectivity index (χ0n) is 11.4. The first kappa shape index (κ1) is 16.4. The molecule has 0 rings (SSSR count). The molecule has 0 aliphatic rings. The molecule has 0 aromatic heterocycles. The van der Waals surface area contributed by atoms with Crippen LogP contribution in [0.3, 0.4) is 0 Å². The second-order valence-corrected chi connectivity index (χ2v) is 3.63. The zero-order chi connectivity index (χ0) is 13.1. The zero-order valence-corrected chi connectivity index (χ0v) is 11.4. The van der Waals surface area contributed by atoms with Crippen molar-refractivity contribution in [2.75, 3.05) is 46.6 Å². The highest BCUT2D eigenvalue weighted by Crippen LogP contribution is 2.01. The number of carbonyl (C=O) groups excluding carboxylic acids is 1. The number of esters is 1. The number of nitrogens with zero attached hydrogens (tertiary/aromatic N) is 1. The summed E-state index contributed by atoms with van der Waals surface area (Å²) in [5, 5.41) is 0. The maximum Gasteiger partial charge on any atom is 0.322 e. The Kier molecular flexibility index (Phi) is 10.1. The molecule has 17 heavy (non-hydrogen) atoms. The van der Waals surface area contributed by atoms with E-state index in [4.69, 9.17) is 14.2 Å². The van der Waals surface area contributed by atoms with Gasteiger partial charge in [0, 0.05) is 26.3 Å². The third-order valence-corrected chi connectivity index (χ3v) is 2.54. The number of hydrogen-bond acceptors (Lipinski definition) is 5. The van der Waals surface area contributed by atoms with E-state index < -0.39 is 0 Å². The molecular formula is C12H25NO4. The van der Waals surface area contributed by atoms with E-state index in [-0.39, 0.29) is 12.0 Å². The Morgan fingerprint density at radius 2 is 1.59 bits per heavy atom. The van der Waals surface area contributed by atoms with E-state index in [1.807, 2.05) is 25.7 Å². The van der Waals surface area contributed by atoms with Gasteiger partial charge in [0.15, 0.2) is 0 Å². The predicted octanol–water partition coefficient (Wildman–Crippen LogP) is 0.923. The number of methoxy groups -OCH3 is 1. The van der Waals surface area contributed by atoms with Crippen LogP contribution in [0.15, 0.2) is 0 Å². The Bertz CT molecular complexity index is 189. The number of carbonyl (C=O) groups is 1. The topological polar surface area (TPSA) is 48.0 Å². The second kappa shape index (κ2) is 10.5. The van der Waals surface area contributed by atoms with E-state index >= 15 is 0 Å². The van der Waals surface area contributed by atoms with Gasteiger partial charge >= 0.3 is 5.97 Å². The van der Waals surface area contributed by atoms with E-state index in [1.54, 1.807) is 0 Å². The Morgan fingerprint density at radius 3 is 1.94 bits per heavy atom. The standard InChI is InChI=1S/C12H25NO4/c1-5-16-9-7-13(8-10-17-6-2)11(3)12(14)15-4/h11H,5-10H2,1-4H3. The fraction of sp³-hybridized carbons (Fsp3) is 0.917. The van der Waals surface area contributed by atoms with Gasteiger partial charge in [-0.1, -0.05) is 0 Å². The Labute approximate surface area is 104 Å². The van der Waals surface area contributed by atoms with Gasteiger partial charge in [-0.25, -0.2) is 0 Å². The molecule has 1 unspecified atom stereocenters. The summed E-state index contributed by atoms with van der Waals surface area (Å²) in [6.45, 7) is 9.76. The maximum atomic E-state index is 11.5. The molecule has 0 aromatic carbocycles. The lowest BCUT2D eigenvalue weighted by molar-refractivity contribution is -0.146. The lowest BCUT2D eigenvalue weighted by Gasteiger charge is -2.26. The summed E-state index contributed by atoms with van der Waals surface area (Å²) in [7, 11) is 1.40. The molecule has 1 atom stereocenters. The van der Waals surface area contributed by atoms with E-state index in [9.17, 15) is 4.79 Å². The van der Waals surface area contributed by atoms with Gasteiger partial charge < -0.3 is 14.2 Å². The third-order valence-electron chi connectivity index (χ3n) is 2.54. The van der Waals surface area contributed by atoms with E-state index in [0.717, 1.165) is 0 Å². The van der Waals surface area contributed by atoms with Crippen LogP contribution in [0, 0.1) is 0 Å². The summed E-state index contributed by atoms with van der Waals surface area (Å²) >= 11 is 0. The van der Waals surface area contributed by atoms with Crippen LogP contribution in [0.25, 0.3) is 0 Å². The van der Waals surface area contributed by atoms with Crippen LogP contribution in [0.1, 0.15) is 20.8 Å². The van der Waals surface area contributed by atoms with Gasteiger partial charge in [-0.2, -0.15) is 0 Å². The molecule has 0 saturated carbocycles. The normalized spacial score (nSPS) is 12.8. The number of ether oxygens (including phenoxy) is 3. The largest absolute Gasteiger partial charge is 0.468 e. The molecule has 0 bridgehead atoms.